The van der Waals surface area contributed by atoms with Crippen LogP contribution in [0, 0.1) is 19.7 Å². The average Bonchev–Trinajstić information content (AvgIpc) is 3.26. The molecule has 0 atom stereocenters. The summed E-state index contributed by atoms with van der Waals surface area (Å²) < 4.78 is 18.3. The molecular weight excluding hydrogens is 341 g/mol. The molecule has 0 unspecified atom stereocenters. The van der Waals surface area contributed by atoms with Gasteiger partial charge in [-0.05, 0) is 33.3 Å². The molecular formula is C21H28FN5. The second kappa shape index (κ2) is 8.95. The minimum absolute atomic E-state index is 0.144. The van der Waals surface area contributed by atoms with Crippen molar-refractivity contribution >= 4 is 0 Å². The van der Waals surface area contributed by atoms with Gasteiger partial charge in [-0.3, -0.25) is 9.58 Å². The molecule has 0 saturated carbocycles. The van der Waals surface area contributed by atoms with Gasteiger partial charge in [-0.25, -0.2) is 9.37 Å². The molecule has 0 bridgehead atoms. The van der Waals surface area contributed by atoms with Crippen LogP contribution in [0.4, 0.5) is 4.39 Å². The number of aromatic nitrogens is 4. The molecule has 27 heavy (non-hydrogen) atoms. The normalized spacial score (nSPS) is 11.4. The number of benzene rings is 1. The molecule has 144 valence electrons. The van der Waals surface area contributed by atoms with Crippen molar-refractivity contribution in [1.29, 1.82) is 0 Å². The monoisotopic (exact) mass is 369 g/mol. The van der Waals surface area contributed by atoms with Gasteiger partial charge in [-0.2, -0.15) is 5.10 Å². The zero-order chi connectivity index (χ0) is 19.2. The highest BCUT2D eigenvalue weighted by Crippen LogP contribution is 2.19. The minimum atomic E-state index is -0.144. The van der Waals surface area contributed by atoms with Gasteiger partial charge in [0.25, 0.3) is 0 Å². The Kier molecular flexibility index (Phi) is 6.40. The topological polar surface area (TPSA) is 38.9 Å². The number of hydrogen-bond acceptors (Lipinski definition) is 3. The largest absolute Gasteiger partial charge is 0.337 e. The van der Waals surface area contributed by atoms with Crippen LogP contribution in [0.3, 0.4) is 0 Å². The van der Waals surface area contributed by atoms with Gasteiger partial charge in [0.1, 0.15) is 5.82 Å². The highest BCUT2D eigenvalue weighted by Gasteiger charge is 2.16. The van der Waals surface area contributed by atoms with Gasteiger partial charge in [0.15, 0.2) is 0 Å². The van der Waals surface area contributed by atoms with E-state index in [2.05, 4.69) is 40.3 Å². The van der Waals surface area contributed by atoms with Crippen molar-refractivity contribution in [2.45, 2.75) is 53.4 Å². The third-order valence-corrected chi connectivity index (χ3v) is 5.01. The lowest BCUT2D eigenvalue weighted by Crippen LogP contribution is -2.26. The Morgan fingerprint density at radius 3 is 2.63 bits per heavy atom. The second-order valence-electron chi connectivity index (χ2n) is 6.92. The van der Waals surface area contributed by atoms with Crippen LogP contribution in [0.15, 0.2) is 43.0 Å². The van der Waals surface area contributed by atoms with Crippen LogP contribution >= 0.6 is 0 Å². The summed E-state index contributed by atoms with van der Waals surface area (Å²) in [5.74, 6) is -0.144. The highest BCUT2D eigenvalue weighted by molar-refractivity contribution is 5.25. The van der Waals surface area contributed by atoms with E-state index in [-0.39, 0.29) is 5.82 Å². The Bertz CT molecular complexity index is 854. The molecule has 0 saturated heterocycles. The van der Waals surface area contributed by atoms with Gasteiger partial charge in [-0.15, -0.1) is 0 Å². The summed E-state index contributed by atoms with van der Waals surface area (Å²) in [7, 11) is 0. The molecule has 3 aromatic rings. The smallest absolute Gasteiger partial charge is 0.127 e. The molecule has 3 rings (SSSR count). The Morgan fingerprint density at radius 1 is 1.15 bits per heavy atom. The lowest BCUT2D eigenvalue weighted by atomic mass is 10.1. The first-order valence-corrected chi connectivity index (χ1v) is 9.53. The number of halogens is 1. The summed E-state index contributed by atoms with van der Waals surface area (Å²) in [6.45, 7) is 10.3. The van der Waals surface area contributed by atoms with Crippen LogP contribution in [0.25, 0.3) is 0 Å². The van der Waals surface area contributed by atoms with Crippen molar-refractivity contribution in [2.24, 2.45) is 0 Å². The van der Waals surface area contributed by atoms with Crippen molar-refractivity contribution in [1.82, 2.24) is 24.2 Å². The molecule has 6 heteroatoms. The molecule has 2 heterocycles. The fourth-order valence-corrected chi connectivity index (χ4v) is 3.47. The van der Waals surface area contributed by atoms with Gasteiger partial charge in [0, 0.05) is 61.9 Å². The Hall–Kier alpha value is -2.47. The van der Waals surface area contributed by atoms with Crippen molar-refractivity contribution in [2.75, 3.05) is 6.54 Å². The van der Waals surface area contributed by atoms with Crippen LogP contribution in [0.1, 0.15) is 35.9 Å². The van der Waals surface area contributed by atoms with E-state index in [9.17, 15) is 4.39 Å². The van der Waals surface area contributed by atoms with E-state index in [4.69, 9.17) is 0 Å². The number of imidazole rings is 1. The predicted molar refractivity (Wildman–Crippen MR) is 105 cm³/mol. The summed E-state index contributed by atoms with van der Waals surface area (Å²) in [6.07, 6.45) is 6.58. The molecule has 0 N–H and O–H groups in total. The first kappa shape index (κ1) is 19.3. The van der Waals surface area contributed by atoms with Gasteiger partial charge in [0.2, 0.25) is 0 Å². The Morgan fingerprint density at radius 2 is 1.96 bits per heavy atom. The maximum absolute atomic E-state index is 14.2. The Labute approximate surface area is 160 Å². The molecule has 1 aromatic carbocycles. The molecule has 5 nitrogen and oxygen atoms in total. The van der Waals surface area contributed by atoms with E-state index in [1.54, 1.807) is 12.3 Å². The maximum Gasteiger partial charge on any atom is 0.127 e. The highest BCUT2D eigenvalue weighted by atomic mass is 19.1. The molecule has 0 aliphatic rings. The molecule has 0 aliphatic carbocycles. The van der Waals surface area contributed by atoms with E-state index in [1.807, 2.05) is 29.3 Å². The molecule has 2 aromatic heterocycles. The maximum atomic E-state index is 14.2. The third kappa shape index (κ3) is 4.83. The van der Waals surface area contributed by atoms with Crippen molar-refractivity contribution in [3.8, 4) is 0 Å². The average molecular weight is 369 g/mol. The fraction of sp³-hybridized carbons (Fsp3) is 0.429. The van der Waals surface area contributed by atoms with E-state index < -0.39 is 0 Å². The van der Waals surface area contributed by atoms with E-state index in [0.29, 0.717) is 6.54 Å². The fourth-order valence-electron chi connectivity index (χ4n) is 3.47. The van der Waals surface area contributed by atoms with Gasteiger partial charge in [0.05, 0.1) is 12.0 Å². The summed E-state index contributed by atoms with van der Waals surface area (Å²) in [4.78, 5) is 6.40. The molecule has 0 radical (unpaired) electrons. The predicted octanol–water partition coefficient (Wildman–Crippen LogP) is 3.95. The molecule has 0 fully saturated rings. The number of hydrogen-bond donors (Lipinski definition) is 0. The third-order valence-electron chi connectivity index (χ3n) is 5.01. The van der Waals surface area contributed by atoms with Crippen LogP contribution in [-0.2, 0) is 26.2 Å². The standard InChI is InChI=1S/C21H28FN5/c1-4-27-18(3)20(17(2)24-27)15-26(12-7-11-25-13-10-23-16-25)14-19-8-5-6-9-21(19)22/h5-6,8-10,13,16H,4,7,11-12,14-15H2,1-3H3. The van der Waals surface area contributed by atoms with Crippen molar-refractivity contribution < 1.29 is 4.39 Å². The van der Waals surface area contributed by atoms with E-state index >= 15 is 0 Å². The minimum Gasteiger partial charge on any atom is -0.337 e. The zero-order valence-corrected chi connectivity index (χ0v) is 16.4. The van der Waals surface area contributed by atoms with Crippen LogP contribution in [0.5, 0.6) is 0 Å². The number of aryl methyl sites for hydroxylation is 3. The first-order chi connectivity index (χ1) is 13.1. The van der Waals surface area contributed by atoms with Crippen LogP contribution < -0.4 is 0 Å². The van der Waals surface area contributed by atoms with Gasteiger partial charge >= 0.3 is 0 Å². The van der Waals surface area contributed by atoms with Gasteiger partial charge < -0.3 is 4.57 Å². The zero-order valence-electron chi connectivity index (χ0n) is 16.4. The van der Waals surface area contributed by atoms with Crippen molar-refractivity contribution in [3.63, 3.8) is 0 Å². The van der Waals surface area contributed by atoms with E-state index in [0.717, 1.165) is 43.9 Å². The van der Waals surface area contributed by atoms with Crippen LogP contribution in [-0.4, -0.2) is 30.8 Å². The lowest BCUT2D eigenvalue weighted by Gasteiger charge is -2.23. The van der Waals surface area contributed by atoms with Crippen molar-refractivity contribution in [3.05, 3.63) is 71.3 Å². The Balaban J connectivity index is 1.74. The number of nitrogens with zero attached hydrogens (tertiary/aromatic N) is 5. The SMILES string of the molecule is CCn1nc(C)c(CN(CCCn2ccnc2)Cc2ccccc2F)c1C. The van der Waals surface area contributed by atoms with Gasteiger partial charge in [-0.1, -0.05) is 18.2 Å². The summed E-state index contributed by atoms with van der Waals surface area (Å²) in [6, 6.07) is 7.04. The summed E-state index contributed by atoms with van der Waals surface area (Å²) in [5.41, 5.74) is 4.24. The summed E-state index contributed by atoms with van der Waals surface area (Å²) in [5, 5.41) is 4.63. The molecule has 0 spiro atoms. The first-order valence-electron chi connectivity index (χ1n) is 9.53. The molecule has 0 amide bonds. The second-order valence-corrected chi connectivity index (χ2v) is 6.92. The number of rotatable bonds is 9. The quantitative estimate of drug-likeness (QED) is 0.573. The molecule has 0 aliphatic heterocycles. The van der Waals surface area contributed by atoms with E-state index in [1.165, 1.54) is 17.3 Å². The lowest BCUT2D eigenvalue weighted by molar-refractivity contribution is 0.244. The van der Waals surface area contributed by atoms with Crippen LogP contribution in [0.2, 0.25) is 0 Å². The summed E-state index contributed by atoms with van der Waals surface area (Å²) >= 11 is 0.